The summed E-state index contributed by atoms with van der Waals surface area (Å²) in [5.74, 6) is 6.37. The van der Waals surface area contributed by atoms with Gasteiger partial charge in [-0.2, -0.15) is 0 Å². The van der Waals surface area contributed by atoms with Crippen LogP contribution in [-0.4, -0.2) is 27.1 Å². The maximum Gasteiger partial charge on any atom is 0.148 e. The Morgan fingerprint density at radius 3 is 2.81 bits per heavy atom. The van der Waals surface area contributed by atoms with Crippen LogP contribution in [0, 0.1) is 5.92 Å². The standard InChI is InChI=1S/C10H17N5S/c11-12-10-9(13-14-16-10)6-15(8-3-4-8)5-7-1-2-7/h7-8,12H,1-6,11H2. The van der Waals surface area contributed by atoms with Crippen molar-refractivity contribution in [1.82, 2.24) is 14.5 Å². The number of hydrazine groups is 1. The van der Waals surface area contributed by atoms with Crippen LogP contribution in [0.5, 0.6) is 0 Å². The third-order valence-electron chi connectivity index (χ3n) is 3.29. The highest BCUT2D eigenvalue weighted by Gasteiger charge is 2.34. The van der Waals surface area contributed by atoms with Crippen molar-refractivity contribution in [3.8, 4) is 0 Å². The monoisotopic (exact) mass is 239 g/mol. The number of nitrogen functional groups attached to an aromatic ring is 1. The van der Waals surface area contributed by atoms with Gasteiger partial charge in [0.15, 0.2) is 0 Å². The number of nitrogens with one attached hydrogen (secondary N) is 1. The van der Waals surface area contributed by atoms with Crippen molar-refractivity contribution < 1.29 is 0 Å². The third kappa shape index (κ3) is 2.34. The minimum absolute atomic E-state index is 0.785. The van der Waals surface area contributed by atoms with Crippen LogP contribution < -0.4 is 11.3 Å². The van der Waals surface area contributed by atoms with Crippen molar-refractivity contribution in [2.45, 2.75) is 38.3 Å². The van der Waals surface area contributed by atoms with Crippen molar-refractivity contribution >= 4 is 16.5 Å². The number of nitrogens with zero attached hydrogens (tertiary/aromatic N) is 3. The summed E-state index contributed by atoms with van der Waals surface area (Å²) in [6.45, 7) is 2.13. The van der Waals surface area contributed by atoms with Gasteiger partial charge in [0.1, 0.15) is 10.7 Å². The number of anilines is 1. The van der Waals surface area contributed by atoms with Gasteiger partial charge in [-0.1, -0.05) is 4.49 Å². The summed E-state index contributed by atoms with van der Waals surface area (Å²) in [5, 5.41) is 5.05. The smallest absolute Gasteiger partial charge is 0.148 e. The highest BCUT2D eigenvalue weighted by Crippen LogP contribution is 2.36. The molecule has 0 saturated heterocycles. The van der Waals surface area contributed by atoms with Crippen LogP contribution in [0.4, 0.5) is 5.00 Å². The largest absolute Gasteiger partial charge is 0.313 e. The molecule has 2 aliphatic rings. The van der Waals surface area contributed by atoms with E-state index in [4.69, 9.17) is 5.84 Å². The molecule has 0 aromatic carbocycles. The fourth-order valence-corrected chi connectivity index (χ4v) is 2.51. The molecule has 0 atom stereocenters. The second kappa shape index (κ2) is 4.27. The van der Waals surface area contributed by atoms with Gasteiger partial charge in [-0.25, -0.2) is 5.84 Å². The normalized spacial score (nSPS) is 20.4. The lowest BCUT2D eigenvalue weighted by molar-refractivity contribution is 0.241. The topological polar surface area (TPSA) is 67.1 Å². The Labute approximate surface area is 99.1 Å². The molecule has 1 aromatic rings. The molecule has 0 radical (unpaired) electrons. The molecule has 3 rings (SSSR count). The highest BCUT2D eigenvalue weighted by atomic mass is 32.1. The molecule has 0 unspecified atom stereocenters. The van der Waals surface area contributed by atoms with E-state index in [0.717, 1.165) is 29.2 Å². The van der Waals surface area contributed by atoms with Crippen LogP contribution in [0.1, 0.15) is 31.4 Å². The Bertz CT molecular complexity index is 358. The minimum Gasteiger partial charge on any atom is -0.313 e. The molecule has 16 heavy (non-hydrogen) atoms. The summed E-state index contributed by atoms with van der Waals surface area (Å²) in [6.07, 6.45) is 5.49. The fraction of sp³-hybridized carbons (Fsp3) is 0.800. The molecule has 0 aliphatic heterocycles. The fourth-order valence-electron chi connectivity index (χ4n) is 2.03. The van der Waals surface area contributed by atoms with E-state index in [1.165, 1.54) is 43.8 Å². The first kappa shape index (κ1) is 10.4. The maximum absolute atomic E-state index is 5.44. The Morgan fingerprint density at radius 1 is 1.38 bits per heavy atom. The zero-order chi connectivity index (χ0) is 11.0. The first-order valence-corrected chi connectivity index (χ1v) is 6.66. The van der Waals surface area contributed by atoms with Crippen LogP contribution in [0.25, 0.3) is 0 Å². The molecule has 1 aromatic heterocycles. The molecule has 2 saturated carbocycles. The average Bonchev–Trinajstić information content (AvgIpc) is 3.17. The van der Waals surface area contributed by atoms with Crippen LogP contribution in [0.15, 0.2) is 0 Å². The van der Waals surface area contributed by atoms with E-state index in [0.29, 0.717) is 0 Å². The van der Waals surface area contributed by atoms with Crippen LogP contribution in [0.2, 0.25) is 0 Å². The van der Waals surface area contributed by atoms with Gasteiger partial charge in [-0.3, -0.25) is 4.90 Å². The van der Waals surface area contributed by atoms with Crippen LogP contribution >= 0.6 is 11.5 Å². The predicted molar refractivity (Wildman–Crippen MR) is 63.9 cm³/mol. The molecule has 0 spiro atoms. The van der Waals surface area contributed by atoms with Gasteiger partial charge in [-0.15, -0.1) is 5.10 Å². The second-order valence-electron chi connectivity index (χ2n) is 4.80. The zero-order valence-electron chi connectivity index (χ0n) is 9.22. The van der Waals surface area contributed by atoms with Gasteiger partial charge in [-0.05, 0) is 31.6 Å². The van der Waals surface area contributed by atoms with E-state index in [2.05, 4.69) is 19.9 Å². The molecule has 5 nitrogen and oxygen atoms in total. The van der Waals surface area contributed by atoms with Gasteiger partial charge >= 0.3 is 0 Å². The first-order chi connectivity index (χ1) is 7.86. The van der Waals surface area contributed by atoms with Gasteiger partial charge in [0, 0.05) is 30.7 Å². The number of nitrogens with two attached hydrogens (primary N) is 1. The molecule has 88 valence electrons. The van der Waals surface area contributed by atoms with E-state index in [-0.39, 0.29) is 0 Å². The summed E-state index contributed by atoms with van der Waals surface area (Å²) in [7, 11) is 0. The van der Waals surface area contributed by atoms with Crippen molar-refractivity contribution in [1.29, 1.82) is 0 Å². The van der Waals surface area contributed by atoms with Crippen molar-refractivity contribution in [2.24, 2.45) is 11.8 Å². The quantitative estimate of drug-likeness (QED) is 0.577. The Hall–Kier alpha value is -0.720. The van der Waals surface area contributed by atoms with E-state index in [1.54, 1.807) is 0 Å². The summed E-state index contributed by atoms with van der Waals surface area (Å²) >= 11 is 1.33. The maximum atomic E-state index is 5.44. The lowest BCUT2D eigenvalue weighted by atomic mass is 10.3. The average molecular weight is 239 g/mol. The Kier molecular flexibility index (Phi) is 2.79. The molecule has 0 bridgehead atoms. The predicted octanol–water partition coefficient (Wildman–Crippen LogP) is 1.20. The number of rotatable bonds is 6. The van der Waals surface area contributed by atoms with Crippen LogP contribution in [-0.2, 0) is 6.54 Å². The Balaban J connectivity index is 1.65. The first-order valence-electron chi connectivity index (χ1n) is 5.88. The van der Waals surface area contributed by atoms with Gasteiger partial charge < -0.3 is 5.43 Å². The molecule has 1 heterocycles. The van der Waals surface area contributed by atoms with Crippen molar-refractivity contribution in [3.63, 3.8) is 0 Å². The van der Waals surface area contributed by atoms with Gasteiger partial charge in [0.2, 0.25) is 0 Å². The van der Waals surface area contributed by atoms with E-state index < -0.39 is 0 Å². The van der Waals surface area contributed by atoms with Gasteiger partial charge in [0.25, 0.3) is 0 Å². The lowest BCUT2D eigenvalue weighted by Crippen LogP contribution is -2.28. The van der Waals surface area contributed by atoms with Gasteiger partial charge in [0.05, 0.1) is 0 Å². The van der Waals surface area contributed by atoms with E-state index in [1.807, 2.05) is 0 Å². The molecular weight excluding hydrogens is 222 g/mol. The number of hydrogen-bond donors (Lipinski definition) is 2. The second-order valence-corrected chi connectivity index (χ2v) is 5.55. The third-order valence-corrected chi connectivity index (χ3v) is 3.99. The molecule has 0 amide bonds. The van der Waals surface area contributed by atoms with Crippen LogP contribution in [0.3, 0.4) is 0 Å². The van der Waals surface area contributed by atoms with Crippen molar-refractivity contribution in [2.75, 3.05) is 12.0 Å². The Morgan fingerprint density at radius 2 is 2.19 bits per heavy atom. The van der Waals surface area contributed by atoms with E-state index >= 15 is 0 Å². The minimum atomic E-state index is 0.785. The SMILES string of the molecule is NNc1snnc1CN(CC1CC1)C1CC1. The summed E-state index contributed by atoms with van der Waals surface area (Å²) in [5.41, 5.74) is 3.68. The molecule has 2 fully saturated rings. The molecule has 3 N–H and O–H groups in total. The molecule has 2 aliphatic carbocycles. The summed E-state index contributed by atoms with van der Waals surface area (Å²) in [6, 6.07) is 0.785. The summed E-state index contributed by atoms with van der Waals surface area (Å²) < 4.78 is 3.94. The number of aromatic nitrogens is 2. The molecular formula is C10H17N5S. The lowest BCUT2D eigenvalue weighted by Gasteiger charge is -2.20. The molecule has 6 heteroatoms. The van der Waals surface area contributed by atoms with E-state index in [9.17, 15) is 0 Å². The zero-order valence-corrected chi connectivity index (χ0v) is 10.0. The summed E-state index contributed by atoms with van der Waals surface area (Å²) in [4.78, 5) is 2.55. The number of hydrogen-bond acceptors (Lipinski definition) is 6. The highest BCUT2D eigenvalue weighted by molar-refractivity contribution is 7.10. The van der Waals surface area contributed by atoms with Crippen molar-refractivity contribution in [3.05, 3.63) is 5.69 Å².